The standard InChI is InChI=1S/C15H22N4O/c1-16-13(10-14-11-19(2)18-17-14)7-4-12-5-8-15(20-3)9-6-12/h5-6,8-9,11,13,16H,4,7,10H2,1-3H3. The normalized spacial score (nSPS) is 12.3. The molecule has 0 spiro atoms. The molecular formula is C15H22N4O. The molecule has 0 amide bonds. The van der Waals surface area contributed by atoms with E-state index in [1.165, 1.54) is 5.56 Å². The van der Waals surface area contributed by atoms with Crippen LogP contribution in [0.15, 0.2) is 30.5 Å². The largest absolute Gasteiger partial charge is 0.497 e. The summed E-state index contributed by atoms with van der Waals surface area (Å²) in [4.78, 5) is 0. The maximum atomic E-state index is 5.17. The highest BCUT2D eigenvalue weighted by Crippen LogP contribution is 2.14. The minimum atomic E-state index is 0.411. The Morgan fingerprint density at radius 1 is 1.30 bits per heavy atom. The maximum absolute atomic E-state index is 5.17. The number of hydrogen-bond donors (Lipinski definition) is 1. The van der Waals surface area contributed by atoms with Crippen molar-refractivity contribution in [2.45, 2.75) is 25.3 Å². The molecule has 1 atom stereocenters. The van der Waals surface area contributed by atoms with E-state index in [1.807, 2.05) is 32.4 Å². The van der Waals surface area contributed by atoms with E-state index < -0.39 is 0 Å². The number of hydrogen-bond acceptors (Lipinski definition) is 4. The van der Waals surface area contributed by atoms with Gasteiger partial charge in [0.15, 0.2) is 0 Å². The third kappa shape index (κ3) is 4.06. The summed E-state index contributed by atoms with van der Waals surface area (Å²) in [6.45, 7) is 0. The summed E-state index contributed by atoms with van der Waals surface area (Å²) in [7, 11) is 5.57. The van der Waals surface area contributed by atoms with Gasteiger partial charge in [-0.15, -0.1) is 5.10 Å². The quantitative estimate of drug-likeness (QED) is 0.833. The highest BCUT2D eigenvalue weighted by molar-refractivity contribution is 5.27. The highest BCUT2D eigenvalue weighted by Gasteiger charge is 2.10. The molecule has 1 N–H and O–H groups in total. The summed E-state index contributed by atoms with van der Waals surface area (Å²) in [6, 6.07) is 8.66. The monoisotopic (exact) mass is 274 g/mol. The molecule has 1 aromatic carbocycles. The lowest BCUT2D eigenvalue weighted by molar-refractivity contribution is 0.414. The molecule has 1 unspecified atom stereocenters. The fourth-order valence-corrected chi connectivity index (χ4v) is 2.22. The Hall–Kier alpha value is -1.88. The summed E-state index contributed by atoms with van der Waals surface area (Å²) >= 11 is 0. The lowest BCUT2D eigenvalue weighted by Gasteiger charge is -2.14. The molecule has 1 heterocycles. The molecule has 0 fully saturated rings. The van der Waals surface area contributed by atoms with E-state index in [2.05, 4.69) is 27.8 Å². The molecule has 2 rings (SSSR count). The first-order chi connectivity index (χ1) is 9.71. The summed E-state index contributed by atoms with van der Waals surface area (Å²) in [5.41, 5.74) is 2.35. The number of methoxy groups -OCH3 is 1. The van der Waals surface area contributed by atoms with Crippen LogP contribution in [-0.4, -0.2) is 35.2 Å². The van der Waals surface area contributed by atoms with Crippen LogP contribution in [0, 0.1) is 0 Å². The molecule has 0 saturated carbocycles. The van der Waals surface area contributed by atoms with Gasteiger partial charge in [0.1, 0.15) is 5.75 Å². The van der Waals surface area contributed by atoms with Gasteiger partial charge in [-0.25, -0.2) is 0 Å². The average Bonchev–Trinajstić information content (AvgIpc) is 2.89. The van der Waals surface area contributed by atoms with Crippen molar-refractivity contribution in [2.24, 2.45) is 7.05 Å². The van der Waals surface area contributed by atoms with Crippen LogP contribution in [0.5, 0.6) is 5.75 Å². The first kappa shape index (κ1) is 14.5. The molecule has 0 saturated heterocycles. The predicted octanol–water partition coefficient (Wildman–Crippen LogP) is 1.59. The predicted molar refractivity (Wildman–Crippen MR) is 78.9 cm³/mol. The fraction of sp³-hybridized carbons (Fsp3) is 0.467. The molecule has 5 nitrogen and oxygen atoms in total. The molecule has 1 aromatic heterocycles. The molecule has 20 heavy (non-hydrogen) atoms. The van der Waals surface area contributed by atoms with Gasteiger partial charge in [0.05, 0.1) is 12.8 Å². The SMILES string of the molecule is CNC(CCc1ccc(OC)cc1)Cc1cn(C)nn1. The maximum Gasteiger partial charge on any atom is 0.118 e. The smallest absolute Gasteiger partial charge is 0.118 e. The average molecular weight is 274 g/mol. The second kappa shape index (κ2) is 7.05. The number of rotatable bonds is 7. The number of benzene rings is 1. The minimum Gasteiger partial charge on any atom is -0.497 e. The Balaban J connectivity index is 1.86. The summed E-state index contributed by atoms with van der Waals surface area (Å²) in [6.07, 6.45) is 4.98. The number of aromatic nitrogens is 3. The number of nitrogens with zero attached hydrogens (tertiary/aromatic N) is 3. The number of likely N-dealkylation sites (N-methyl/N-ethyl adjacent to an activating group) is 1. The Bertz CT molecular complexity index is 521. The summed E-state index contributed by atoms with van der Waals surface area (Å²) < 4.78 is 6.91. The van der Waals surface area contributed by atoms with Gasteiger partial charge >= 0.3 is 0 Å². The number of aryl methyl sites for hydroxylation is 2. The summed E-state index contributed by atoms with van der Waals surface area (Å²) in [5, 5.41) is 11.5. The second-order valence-electron chi connectivity index (χ2n) is 4.96. The van der Waals surface area contributed by atoms with E-state index in [9.17, 15) is 0 Å². The van der Waals surface area contributed by atoms with E-state index in [4.69, 9.17) is 4.74 Å². The van der Waals surface area contributed by atoms with Crippen LogP contribution in [0.2, 0.25) is 0 Å². The van der Waals surface area contributed by atoms with E-state index in [-0.39, 0.29) is 0 Å². The Morgan fingerprint density at radius 2 is 2.05 bits per heavy atom. The lowest BCUT2D eigenvalue weighted by atomic mass is 10.0. The fourth-order valence-electron chi connectivity index (χ4n) is 2.22. The molecule has 0 radical (unpaired) electrons. The first-order valence-corrected chi connectivity index (χ1v) is 6.86. The topological polar surface area (TPSA) is 52.0 Å². The van der Waals surface area contributed by atoms with Crippen molar-refractivity contribution in [3.63, 3.8) is 0 Å². The van der Waals surface area contributed by atoms with Crippen molar-refractivity contribution >= 4 is 0 Å². The molecule has 0 aliphatic heterocycles. The van der Waals surface area contributed by atoms with Gasteiger partial charge in [0.2, 0.25) is 0 Å². The van der Waals surface area contributed by atoms with Gasteiger partial charge in [0.25, 0.3) is 0 Å². The van der Waals surface area contributed by atoms with Gasteiger partial charge in [-0.3, -0.25) is 4.68 Å². The Labute approximate surface area is 120 Å². The molecule has 5 heteroatoms. The van der Waals surface area contributed by atoms with Crippen LogP contribution in [0.4, 0.5) is 0 Å². The first-order valence-electron chi connectivity index (χ1n) is 6.86. The third-order valence-electron chi connectivity index (χ3n) is 3.45. The molecule has 108 valence electrons. The molecule has 0 aliphatic rings. The van der Waals surface area contributed by atoms with Gasteiger partial charge in [0, 0.05) is 25.7 Å². The van der Waals surface area contributed by atoms with Crippen LogP contribution in [-0.2, 0) is 19.9 Å². The number of ether oxygens (including phenoxy) is 1. The van der Waals surface area contributed by atoms with Crippen molar-refractivity contribution in [3.8, 4) is 5.75 Å². The van der Waals surface area contributed by atoms with E-state index in [0.717, 1.165) is 30.7 Å². The zero-order valence-corrected chi connectivity index (χ0v) is 12.3. The second-order valence-corrected chi connectivity index (χ2v) is 4.96. The van der Waals surface area contributed by atoms with Crippen LogP contribution in [0.25, 0.3) is 0 Å². The van der Waals surface area contributed by atoms with Gasteiger partial charge in [-0.05, 0) is 37.6 Å². The van der Waals surface area contributed by atoms with Crippen molar-refractivity contribution in [1.82, 2.24) is 20.3 Å². The Kier molecular flexibility index (Phi) is 5.12. The van der Waals surface area contributed by atoms with Gasteiger partial charge in [-0.2, -0.15) is 0 Å². The van der Waals surface area contributed by atoms with Crippen LogP contribution in [0.1, 0.15) is 17.7 Å². The van der Waals surface area contributed by atoms with Crippen molar-refractivity contribution in [1.29, 1.82) is 0 Å². The van der Waals surface area contributed by atoms with Crippen molar-refractivity contribution in [3.05, 3.63) is 41.7 Å². The minimum absolute atomic E-state index is 0.411. The molecule has 0 aliphatic carbocycles. The zero-order chi connectivity index (χ0) is 14.4. The van der Waals surface area contributed by atoms with E-state index in [0.29, 0.717) is 6.04 Å². The molecule has 2 aromatic rings. The van der Waals surface area contributed by atoms with Gasteiger partial charge in [-0.1, -0.05) is 17.3 Å². The van der Waals surface area contributed by atoms with Crippen LogP contribution >= 0.6 is 0 Å². The third-order valence-corrected chi connectivity index (χ3v) is 3.45. The highest BCUT2D eigenvalue weighted by atomic mass is 16.5. The van der Waals surface area contributed by atoms with Crippen LogP contribution in [0.3, 0.4) is 0 Å². The number of nitrogens with one attached hydrogen (secondary N) is 1. The van der Waals surface area contributed by atoms with Gasteiger partial charge < -0.3 is 10.1 Å². The molecular weight excluding hydrogens is 252 g/mol. The zero-order valence-electron chi connectivity index (χ0n) is 12.3. The Morgan fingerprint density at radius 3 is 2.60 bits per heavy atom. The summed E-state index contributed by atoms with van der Waals surface area (Å²) in [5.74, 6) is 0.901. The van der Waals surface area contributed by atoms with Crippen molar-refractivity contribution in [2.75, 3.05) is 14.2 Å². The lowest BCUT2D eigenvalue weighted by Crippen LogP contribution is -2.28. The van der Waals surface area contributed by atoms with Crippen molar-refractivity contribution < 1.29 is 4.74 Å². The van der Waals surface area contributed by atoms with Crippen LogP contribution < -0.4 is 10.1 Å². The van der Waals surface area contributed by atoms with E-state index >= 15 is 0 Å². The van der Waals surface area contributed by atoms with E-state index in [1.54, 1.807) is 11.8 Å². The molecule has 0 bridgehead atoms.